The normalized spacial score (nSPS) is 46.6. The molecule has 0 aromatic carbocycles. The summed E-state index contributed by atoms with van der Waals surface area (Å²) in [7, 11) is 1.43. The molecule has 11 atom stereocenters. The molecule has 0 aliphatic heterocycles. The Hall–Kier alpha value is -1.18. The van der Waals surface area contributed by atoms with E-state index in [1.165, 1.54) is 7.11 Å². The summed E-state index contributed by atoms with van der Waals surface area (Å²) in [5, 5.41) is 26.2. The van der Waals surface area contributed by atoms with E-state index >= 15 is 0 Å². The predicted octanol–water partition coefficient (Wildman–Crippen LogP) is 2.62. The van der Waals surface area contributed by atoms with Gasteiger partial charge >= 0.3 is 5.97 Å². The second kappa shape index (κ2) is 9.70. The van der Waals surface area contributed by atoms with E-state index in [-0.39, 0.29) is 47.3 Å². The Kier molecular flexibility index (Phi) is 7.39. The molecule has 0 aromatic rings. The molecule has 0 bridgehead atoms. The van der Waals surface area contributed by atoms with E-state index in [2.05, 4.69) is 26.1 Å². The molecule has 4 fully saturated rings. The quantitative estimate of drug-likeness (QED) is 0.436. The lowest BCUT2D eigenvalue weighted by molar-refractivity contribution is -0.202. The topological polar surface area (TPSA) is 122 Å². The number of aliphatic hydroxyl groups is 2. The van der Waals surface area contributed by atoms with Gasteiger partial charge in [-0.2, -0.15) is 0 Å². The number of carbonyl (C=O) groups excluding carboxylic acids is 2. The number of nitrogens with two attached hydrogens (primary N) is 1. The molecule has 194 valence electrons. The number of aliphatic hydroxyl groups excluding tert-OH is 2. The zero-order valence-electron chi connectivity index (χ0n) is 21.5. The predicted molar refractivity (Wildman–Crippen MR) is 129 cm³/mol. The summed E-state index contributed by atoms with van der Waals surface area (Å²) in [4.78, 5) is 23.6. The molecule has 0 spiro atoms. The second-order valence-electron chi connectivity index (χ2n) is 12.4. The summed E-state index contributed by atoms with van der Waals surface area (Å²) in [6.07, 6.45) is 6.85. The van der Waals surface area contributed by atoms with Crippen molar-refractivity contribution in [1.29, 1.82) is 0 Å². The summed E-state index contributed by atoms with van der Waals surface area (Å²) in [5.41, 5.74) is 5.35. The lowest BCUT2D eigenvalue weighted by atomic mass is 9.43. The summed E-state index contributed by atoms with van der Waals surface area (Å²) in [6, 6.07) is 0.128. The maximum Gasteiger partial charge on any atom is 0.305 e. The van der Waals surface area contributed by atoms with Crippen LogP contribution < -0.4 is 11.1 Å². The lowest BCUT2D eigenvalue weighted by Crippen LogP contribution is -2.63. The van der Waals surface area contributed by atoms with Crippen LogP contribution in [0.25, 0.3) is 0 Å². The van der Waals surface area contributed by atoms with Crippen molar-refractivity contribution < 1.29 is 24.5 Å². The molecular formula is C27H46N2O5. The van der Waals surface area contributed by atoms with Gasteiger partial charge in [-0.05, 0) is 97.7 Å². The molecule has 7 nitrogen and oxygen atoms in total. The third-order valence-corrected chi connectivity index (χ3v) is 11.1. The SMILES string of the molecule is COC(=O)CCC(C)C1CCC2C3C(O)CC4CC(NC(=O)CN)CCC4(C)C3CC(O)C12C. The van der Waals surface area contributed by atoms with Crippen LogP contribution in [0.3, 0.4) is 0 Å². The zero-order chi connectivity index (χ0) is 24.8. The summed E-state index contributed by atoms with van der Waals surface area (Å²) in [6.45, 7) is 6.86. The highest BCUT2D eigenvalue weighted by atomic mass is 16.5. The number of nitrogens with one attached hydrogen (secondary N) is 1. The van der Waals surface area contributed by atoms with Crippen LogP contribution in [0, 0.1) is 46.3 Å². The number of fused-ring (bicyclic) bond motifs is 5. The second-order valence-corrected chi connectivity index (χ2v) is 12.4. The molecule has 0 aromatic heterocycles. The molecule has 4 saturated carbocycles. The van der Waals surface area contributed by atoms with Crippen molar-refractivity contribution in [3.8, 4) is 0 Å². The van der Waals surface area contributed by atoms with E-state index in [1.54, 1.807) is 0 Å². The first kappa shape index (κ1) is 25.9. The molecule has 0 radical (unpaired) electrons. The van der Waals surface area contributed by atoms with Crippen LogP contribution in [-0.4, -0.2) is 54.0 Å². The van der Waals surface area contributed by atoms with Crippen molar-refractivity contribution in [2.75, 3.05) is 13.7 Å². The van der Waals surface area contributed by atoms with E-state index in [0.717, 1.165) is 51.4 Å². The van der Waals surface area contributed by atoms with Gasteiger partial charge in [-0.3, -0.25) is 9.59 Å². The highest BCUT2D eigenvalue weighted by molar-refractivity contribution is 5.78. The summed E-state index contributed by atoms with van der Waals surface area (Å²) < 4.78 is 4.85. The highest BCUT2D eigenvalue weighted by Crippen LogP contribution is 2.68. The van der Waals surface area contributed by atoms with E-state index in [9.17, 15) is 19.8 Å². The van der Waals surface area contributed by atoms with Gasteiger partial charge in [0.15, 0.2) is 0 Å². The monoisotopic (exact) mass is 478 g/mol. The van der Waals surface area contributed by atoms with E-state index < -0.39 is 6.10 Å². The Morgan fingerprint density at radius 2 is 1.85 bits per heavy atom. The van der Waals surface area contributed by atoms with Crippen molar-refractivity contribution in [2.45, 2.75) is 96.8 Å². The van der Waals surface area contributed by atoms with Crippen LogP contribution in [0.15, 0.2) is 0 Å². The number of carbonyl (C=O) groups is 2. The van der Waals surface area contributed by atoms with Gasteiger partial charge in [-0.1, -0.05) is 20.8 Å². The molecule has 4 rings (SSSR count). The number of hydrogen-bond donors (Lipinski definition) is 4. The first-order valence-corrected chi connectivity index (χ1v) is 13.5. The van der Waals surface area contributed by atoms with Gasteiger partial charge < -0.3 is 26.0 Å². The Balaban J connectivity index is 1.53. The maximum atomic E-state index is 11.9. The van der Waals surface area contributed by atoms with E-state index in [0.29, 0.717) is 36.0 Å². The van der Waals surface area contributed by atoms with Crippen LogP contribution in [0.1, 0.15) is 78.6 Å². The Morgan fingerprint density at radius 3 is 2.53 bits per heavy atom. The smallest absolute Gasteiger partial charge is 0.305 e. The molecule has 7 heteroatoms. The van der Waals surface area contributed by atoms with Crippen molar-refractivity contribution in [3.05, 3.63) is 0 Å². The molecule has 4 aliphatic rings. The first-order valence-electron chi connectivity index (χ1n) is 13.5. The van der Waals surface area contributed by atoms with Gasteiger partial charge in [0.05, 0.1) is 25.9 Å². The van der Waals surface area contributed by atoms with Crippen LogP contribution >= 0.6 is 0 Å². The number of hydrogen-bond acceptors (Lipinski definition) is 6. The van der Waals surface area contributed by atoms with Gasteiger partial charge in [0.25, 0.3) is 0 Å². The standard InChI is InChI=1S/C27H46N2O5/c1-15(5-8-24(33)34-4)18-6-7-19-25-20(13-22(31)27(18,19)3)26(2)10-9-17(29-23(32)14-28)11-16(26)12-21(25)30/h15-22,25,30-31H,5-14,28H2,1-4H3,(H,29,32). The molecule has 5 N–H and O–H groups in total. The fraction of sp³-hybridized carbons (Fsp3) is 0.926. The summed E-state index contributed by atoms with van der Waals surface area (Å²) >= 11 is 0. The number of rotatable bonds is 6. The van der Waals surface area contributed by atoms with Crippen LogP contribution in [0.2, 0.25) is 0 Å². The minimum atomic E-state index is -0.399. The van der Waals surface area contributed by atoms with Crippen molar-refractivity contribution in [2.24, 2.45) is 52.1 Å². The molecular weight excluding hydrogens is 432 g/mol. The van der Waals surface area contributed by atoms with Crippen molar-refractivity contribution in [3.63, 3.8) is 0 Å². The first-order chi connectivity index (χ1) is 16.1. The van der Waals surface area contributed by atoms with Gasteiger partial charge in [0.1, 0.15) is 0 Å². The van der Waals surface area contributed by atoms with Crippen LogP contribution in [0.5, 0.6) is 0 Å². The largest absolute Gasteiger partial charge is 0.469 e. The Morgan fingerprint density at radius 1 is 1.12 bits per heavy atom. The summed E-state index contributed by atoms with van der Waals surface area (Å²) in [5.74, 6) is 1.54. The molecule has 0 saturated heterocycles. The van der Waals surface area contributed by atoms with Gasteiger partial charge in [-0.15, -0.1) is 0 Å². The van der Waals surface area contributed by atoms with Gasteiger partial charge in [0.2, 0.25) is 5.91 Å². The number of ether oxygens (including phenoxy) is 1. The lowest BCUT2D eigenvalue weighted by Gasteiger charge is -2.63. The minimum absolute atomic E-state index is 0.0113. The fourth-order valence-electron chi connectivity index (χ4n) is 9.22. The maximum absolute atomic E-state index is 11.9. The van der Waals surface area contributed by atoms with E-state index in [1.807, 2.05) is 0 Å². The van der Waals surface area contributed by atoms with Gasteiger partial charge in [0, 0.05) is 12.5 Å². The molecule has 1 amide bonds. The average molecular weight is 479 g/mol. The fourth-order valence-corrected chi connectivity index (χ4v) is 9.22. The minimum Gasteiger partial charge on any atom is -0.469 e. The third-order valence-electron chi connectivity index (χ3n) is 11.1. The number of amides is 1. The zero-order valence-corrected chi connectivity index (χ0v) is 21.5. The van der Waals surface area contributed by atoms with Crippen LogP contribution in [-0.2, 0) is 14.3 Å². The molecule has 34 heavy (non-hydrogen) atoms. The van der Waals surface area contributed by atoms with Crippen molar-refractivity contribution in [1.82, 2.24) is 5.32 Å². The Labute approximate surface area is 204 Å². The molecule has 0 heterocycles. The van der Waals surface area contributed by atoms with Crippen molar-refractivity contribution >= 4 is 11.9 Å². The highest BCUT2D eigenvalue weighted by Gasteiger charge is 2.65. The van der Waals surface area contributed by atoms with E-state index in [4.69, 9.17) is 10.5 Å². The molecule has 11 unspecified atom stereocenters. The Bertz CT molecular complexity index is 776. The number of esters is 1. The number of methoxy groups -OCH3 is 1. The average Bonchev–Trinajstić information content (AvgIpc) is 3.17. The van der Waals surface area contributed by atoms with Crippen LogP contribution in [0.4, 0.5) is 0 Å². The van der Waals surface area contributed by atoms with Gasteiger partial charge in [-0.25, -0.2) is 0 Å². The third kappa shape index (κ3) is 4.20. The molecule has 4 aliphatic carbocycles.